The van der Waals surface area contributed by atoms with Crippen LogP contribution in [-0.2, 0) is 14.3 Å². The first-order chi connectivity index (χ1) is 8.16. The highest BCUT2D eigenvalue weighted by molar-refractivity contribution is 5.85. The predicted octanol–water partition coefficient (Wildman–Crippen LogP) is 0.344. The van der Waals surface area contributed by atoms with Crippen molar-refractivity contribution in [1.29, 1.82) is 0 Å². The number of nitrogens with zero attached hydrogens (tertiary/aromatic N) is 1. The Morgan fingerprint density at radius 3 is 2.53 bits per heavy atom. The van der Waals surface area contributed by atoms with E-state index >= 15 is 0 Å². The van der Waals surface area contributed by atoms with Crippen LogP contribution in [-0.4, -0.2) is 47.7 Å². The Balaban J connectivity index is 1.68. The molecule has 0 aromatic carbocycles. The Bertz CT molecular complexity index is 346. The first-order valence-electron chi connectivity index (χ1n) is 6.28. The summed E-state index contributed by atoms with van der Waals surface area (Å²) in [5.74, 6) is 0.634. The maximum absolute atomic E-state index is 12.3. The van der Waals surface area contributed by atoms with Crippen LogP contribution in [0.5, 0.6) is 0 Å². The highest BCUT2D eigenvalue weighted by atomic mass is 16.5. The van der Waals surface area contributed by atoms with Gasteiger partial charge in [-0.3, -0.25) is 4.79 Å². The number of aliphatic carboxylic acids is 1. The van der Waals surface area contributed by atoms with Gasteiger partial charge in [0.15, 0.2) is 6.04 Å². The molecular weight excluding hydrogens is 222 g/mol. The Labute approximate surface area is 99.7 Å². The average molecular weight is 239 g/mol. The monoisotopic (exact) mass is 239 g/mol. The SMILES string of the molecule is O=C(O)C1COCCN1C(=O)C1CC2CC2C1. The first-order valence-corrected chi connectivity index (χ1v) is 6.28. The zero-order valence-electron chi connectivity index (χ0n) is 9.67. The molecule has 5 heteroatoms. The summed E-state index contributed by atoms with van der Waals surface area (Å²) in [5, 5.41) is 9.09. The van der Waals surface area contributed by atoms with Gasteiger partial charge >= 0.3 is 5.97 Å². The highest BCUT2D eigenvalue weighted by Gasteiger charge is 2.49. The molecule has 94 valence electrons. The Morgan fingerprint density at radius 1 is 1.18 bits per heavy atom. The molecule has 0 aromatic heterocycles. The van der Waals surface area contributed by atoms with Crippen LogP contribution < -0.4 is 0 Å². The van der Waals surface area contributed by atoms with Crippen LogP contribution in [0.15, 0.2) is 0 Å². The lowest BCUT2D eigenvalue weighted by Gasteiger charge is -2.34. The van der Waals surface area contributed by atoms with E-state index in [0.29, 0.717) is 13.2 Å². The van der Waals surface area contributed by atoms with Crippen molar-refractivity contribution in [3.8, 4) is 0 Å². The number of hydrogen-bond donors (Lipinski definition) is 1. The van der Waals surface area contributed by atoms with Crippen molar-refractivity contribution < 1.29 is 19.4 Å². The number of morpholine rings is 1. The Kier molecular flexibility index (Phi) is 2.58. The number of amides is 1. The van der Waals surface area contributed by atoms with Gasteiger partial charge in [0, 0.05) is 12.5 Å². The first kappa shape index (κ1) is 11.0. The van der Waals surface area contributed by atoms with Crippen LogP contribution in [0.2, 0.25) is 0 Å². The molecular formula is C12H17NO4. The topological polar surface area (TPSA) is 66.8 Å². The third-order valence-electron chi connectivity index (χ3n) is 4.29. The minimum Gasteiger partial charge on any atom is -0.480 e. The van der Waals surface area contributed by atoms with E-state index in [2.05, 4.69) is 0 Å². The second kappa shape index (κ2) is 3.98. The summed E-state index contributed by atoms with van der Waals surface area (Å²) in [6.07, 6.45) is 3.20. The quantitative estimate of drug-likeness (QED) is 0.754. The van der Waals surface area contributed by atoms with Crippen LogP contribution in [0, 0.1) is 17.8 Å². The molecule has 0 aromatic rings. The van der Waals surface area contributed by atoms with Gasteiger partial charge in [-0.25, -0.2) is 4.79 Å². The standard InChI is InChI=1S/C12H17NO4/c14-11(9-4-7-3-8(7)5-9)13-1-2-17-6-10(13)12(15)16/h7-10H,1-6H2,(H,15,16). The summed E-state index contributed by atoms with van der Waals surface area (Å²) in [4.78, 5) is 24.9. The van der Waals surface area contributed by atoms with Gasteiger partial charge in [0.2, 0.25) is 5.91 Å². The molecule has 3 unspecified atom stereocenters. The summed E-state index contributed by atoms with van der Waals surface area (Å²) in [7, 11) is 0. The van der Waals surface area contributed by atoms with Crippen LogP contribution in [0.3, 0.4) is 0 Å². The number of carbonyl (C=O) groups excluding carboxylic acids is 1. The number of hydrogen-bond acceptors (Lipinski definition) is 3. The molecule has 3 rings (SSSR count). The largest absolute Gasteiger partial charge is 0.480 e. The highest BCUT2D eigenvalue weighted by Crippen LogP contribution is 2.54. The van der Waals surface area contributed by atoms with E-state index in [9.17, 15) is 9.59 Å². The minimum absolute atomic E-state index is 0.0351. The Morgan fingerprint density at radius 2 is 1.88 bits per heavy atom. The van der Waals surface area contributed by atoms with E-state index in [1.54, 1.807) is 0 Å². The van der Waals surface area contributed by atoms with Crippen molar-refractivity contribution in [3.05, 3.63) is 0 Å². The van der Waals surface area contributed by atoms with E-state index in [4.69, 9.17) is 9.84 Å². The van der Waals surface area contributed by atoms with Gasteiger partial charge in [-0.1, -0.05) is 0 Å². The smallest absolute Gasteiger partial charge is 0.328 e. The van der Waals surface area contributed by atoms with Gasteiger partial charge in [0.25, 0.3) is 0 Å². The lowest BCUT2D eigenvalue weighted by atomic mass is 10.0. The zero-order chi connectivity index (χ0) is 12.0. The molecule has 3 fully saturated rings. The normalized spacial score (nSPS) is 39.9. The lowest BCUT2D eigenvalue weighted by Crippen LogP contribution is -2.54. The fourth-order valence-electron chi connectivity index (χ4n) is 3.22. The average Bonchev–Trinajstić information content (AvgIpc) is 2.95. The molecule has 0 radical (unpaired) electrons. The minimum atomic E-state index is -0.957. The molecule has 2 saturated carbocycles. The maximum Gasteiger partial charge on any atom is 0.328 e. The number of ether oxygens (including phenoxy) is 1. The third kappa shape index (κ3) is 1.92. The molecule has 1 saturated heterocycles. The van der Waals surface area contributed by atoms with Gasteiger partial charge in [0.05, 0.1) is 13.2 Å². The molecule has 1 aliphatic heterocycles. The summed E-state index contributed by atoms with van der Waals surface area (Å²) in [6, 6.07) is -0.784. The second-order valence-electron chi connectivity index (χ2n) is 5.38. The number of fused-ring (bicyclic) bond motifs is 1. The lowest BCUT2D eigenvalue weighted by molar-refractivity contribution is -0.160. The van der Waals surface area contributed by atoms with Gasteiger partial charge in [0.1, 0.15) is 0 Å². The number of carboxylic acids is 1. The van der Waals surface area contributed by atoms with E-state index < -0.39 is 12.0 Å². The van der Waals surface area contributed by atoms with Crippen LogP contribution in [0.4, 0.5) is 0 Å². The fourth-order valence-corrected chi connectivity index (χ4v) is 3.22. The van der Waals surface area contributed by atoms with Gasteiger partial charge in [-0.2, -0.15) is 0 Å². The number of rotatable bonds is 2. The molecule has 1 N–H and O–H groups in total. The molecule has 3 aliphatic rings. The summed E-state index contributed by atoms with van der Waals surface area (Å²) in [5.41, 5.74) is 0. The predicted molar refractivity (Wildman–Crippen MR) is 58.3 cm³/mol. The Hall–Kier alpha value is -1.10. The van der Waals surface area contributed by atoms with Gasteiger partial charge in [-0.15, -0.1) is 0 Å². The van der Waals surface area contributed by atoms with Gasteiger partial charge < -0.3 is 14.7 Å². The second-order valence-corrected chi connectivity index (χ2v) is 5.38. The van der Waals surface area contributed by atoms with E-state index in [0.717, 1.165) is 24.7 Å². The third-order valence-corrected chi connectivity index (χ3v) is 4.29. The van der Waals surface area contributed by atoms with E-state index in [-0.39, 0.29) is 18.4 Å². The van der Waals surface area contributed by atoms with Crippen LogP contribution in [0.1, 0.15) is 19.3 Å². The van der Waals surface area contributed by atoms with Gasteiger partial charge in [-0.05, 0) is 31.1 Å². The van der Waals surface area contributed by atoms with E-state index in [1.807, 2.05) is 0 Å². The van der Waals surface area contributed by atoms with Crippen LogP contribution >= 0.6 is 0 Å². The van der Waals surface area contributed by atoms with Crippen molar-refractivity contribution in [2.75, 3.05) is 19.8 Å². The molecule has 3 atom stereocenters. The number of carboxylic acid groups (broad SMARTS) is 1. The molecule has 2 aliphatic carbocycles. The fraction of sp³-hybridized carbons (Fsp3) is 0.833. The molecule has 17 heavy (non-hydrogen) atoms. The zero-order valence-corrected chi connectivity index (χ0v) is 9.67. The molecule has 0 spiro atoms. The van der Waals surface area contributed by atoms with Crippen molar-refractivity contribution in [2.24, 2.45) is 17.8 Å². The van der Waals surface area contributed by atoms with Crippen molar-refractivity contribution >= 4 is 11.9 Å². The molecule has 0 bridgehead atoms. The molecule has 5 nitrogen and oxygen atoms in total. The maximum atomic E-state index is 12.3. The summed E-state index contributed by atoms with van der Waals surface area (Å²) in [6.45, 7) is 0.997. The molecule has 1 heterocycles. The number of carbonyl (C=O) groups is 2. The van der Waals surface area contributed by atoms with Crippen LogP contribution in [0.25, 0.3) is 0 Å². The van der Waals surface area contributed by atoms with E-state index in [1.165, 1.54) is 11.3 Å². The summed E-state index contributed by atoms with van der Waals surface area (Å²) < 4.78 is 5.14. The van der Waals surface area contributed by atoms with Crippen molar-refractivity contribution in [1.82, 2.24) is 4.90 Å². The summed E-state index contributed by atoms with van der Waals surface area (Å²) >= 11 is 0. The molecule has 1 amide bonds. The van der Waals surface area contributed by atoms with Crippen molar-refractivity contribution in [3.63, 3.8) is 0 Å². The van der Waals surface area contributed by atoms with Crippen molar-refractivity contribution in [2.45, 2.75) is 25.3 Å².